The lowest BCUT2D eigenvalue weighted by Crippen LogP contribution is -2.30. The largest absolute Gasteiger partial charge is 0.449 e. The summed E-state index contributed by atoms with van der Waals surface area (Å²) in [6.07, 6.45) is -1.04. The van der Waals surface area contributed by atoms with E-state index in [2.05, 4.69) is 10.0 Å². The van der Waals surface area contributed by atoms with E-state index >= 15 is 0 Å². The number of esters is 1. The van der Waals surface area contributed by atoms with Gasteiger partial charge in [0.25, 0.3) is 5.91 Å². The maximum Gasteiger partial charge on any atom is 0.338 e. The van der Waals surface area contributed by atoms with Gasteiger partial charge in [-0.1, -0.05) is 24.3 Å². The van der Waals surface area contributed by atoms with Crippen LogP contribution < -0.4 is 10.0 Å². The molecule has 0 saturated carbocycles. The third-order valence-electron chi connectivity index (χ3n) is 3.34. The Hall–Kier alpha value is -2.71. The van der Waals surface area contributed by atoms with Crippen molar-refractivity contribution in [2.75, 3.05) is 12.4 Å². The Morgan fingerprint density at radius 3 is 2.36 bits per heavy atom. The summed E-state index contributed by atoms with van der Waals surface area (Å²) < 4.78 is 30.8. The van der Waals surface area contributed by atoms with E-state index in [9.17, 15) is 18.0 Å². The molecule has 0 heterocycles. The number of carbonyl (C=O) groups is 2. The van der Waals surface area contributed by atoms with Gasteiger partial charge in [-0.05, 0) is 44.3 Å². The summed E-state index contributed by atoms with van der Waals surface area (Å²) in [4.78, 5) is 24.2. The van der Waals surface area contributed by atoms with Crippen LogP contribution in [0.4, 0.5) is 5.69 Å². The molecule has 0 radical (unpaired) electrons. The number of nitrogens with one attached hydrogen (secondary N) is 2. The lowest BCUT2D eigenvalue weighted by atomic mass is 10.2. The Kier molecular flexibility index (Phi) is 5.89. The van der Waals surface area contributed by atoms with Gasteiger partial charge >= 0.3 is 5.97 Å². The van der Waals surface area contributed by atoms with Crippen LogP contribution in [0.1, 0.15) is 17.3 Å². The topological polar surface area (TPSA) is 102 Å². The first-order valence-corrected chi connectivity index (χ1v) is 8.92. The summed E-state index contributed by atoms with van der Waals surface area (Å²) in [5, 5.41) is 2.62. The third kappa shape index (κ3) is 4.88. The fourth-order valence-corrected chi connectivity index (χ4v) is 2.73. The molecule has 0 unspecified atom stereocenters. The number of hydrogen-bond acceptors (Lipinski definition) is 5. The zero-order chi connectivity index (χ0) is 18.4. The van der Waals surface area contributed by atoms with E-state index in [4.69, 9.17) is 4.74 Å². The first-order valence-electron chi connectivity index (χ1n) is 7.44. The third-order valence-corrected chi connectivity index (χ3v) is 4.76. The van der Waals surface area contributed by atoms with Crippen LogP contribution in [0.15, 0.2) is 59.5 Å². The van der Waals surface area contributed by atoms with Gasteiger partial charge in [0.05, 0.1) is 10.5 Å². The highest BCUT2D eigenvalue weighted by Crippen LogP contribution is 2.13. The second kappa shape index (κ2) is 7.91. The van der Waals surface area contributed by atoms with Crippen LogP contribution in [0, 0.1) is 0 Å². The number of benzene rings is 2. The highest BCUT2D eigenvalue weighted by Gasteiger charge is 2.20. The zero-order valence-electron chi connectivity index (χ0n) is 13.7. The first-order chi connectivity index (χ1) is 11.8. The van der Waals surface area contributed by atoms with Crippen molar-refractivity contribution in [3.63, 3.8) is 0 Å². The van der Waals surface area contributed by atoms with E-state index in [0.29, 0.717) is 5.69 Å². The van der Waals surface area contributed by atoms with Crippen molar-refractivity contribution in [1.29, 1.82) is 0 Å². The van der Waals surface area contributed by atoms with Gasteiger partial charge in [-0.2, -0.15) is 0 Å². The van der Waals surface area contributed by atoms with E-state index in [1.165, 1.54) is 38.2 Å². The van der Waals surface area contributed by atoms with Crippen LogP contribution >= 0.6 is 0 Å². The Morgan fingerprint density at radius 2 is 1.72 bits per heavy atom. The Bertz CT molecular complexity index is 866. The molecule has 8 heteroatoms. The fraction of sp³-hybridized carbons (Fsp3) is 0.176. The highest BCUT2D eigenvalue weighted by atomic mass is 32.2. The smallest absolute Gasteiger partial charge is 0.338 e. The number of amides is 1. The fourth-order valence-electron chi connectivity index (χ4n) is 1.96. The van der Waals surface area contributed by atoms with Crippen LogP contribution in [-0.4, -0.2) is 33.4 Å². The lowest BCUT2D eigenvalue weighted by molar-refractivity contribution is -0.123. The van der Waals surface area contributed by atoms with E-state index in [-0.39, 0.29) is 10.5 Å². The van der Waals surface area contributed by atoms with Crippen LogP contribution in [0.3, 0.4) is 0 Å². The van der Waals surface area contributed by atoms with E-state index in [1.54, 1.807) is 24.3 Å². The second-order valence-electron chi connectivity index (χ2n) is 5.14. The van der Waals surface area contributed by atoms with Crippen molar-refractivity contribution < 1.29 is 22.7 Å². The number of hydrogen-bond donors (Lipinski definition) is 2. The standard InChI is InChI=1S/C17H18N2O5S/c1-12(16(20)19-14-8-4-3-5-9-14)24-17(21)13-7-6-10-15(11-13)25(22,23)18-2/h3-12,18H,1-2H3,(H,19,20)/t12-/m1/s1. The molecule has 2 aromatic carbocycles. The van der Waals surface area contributed by atoms with E-state index < -0.39 is 28.0 Å². The molecule has 0 saturated heterocycles. The number of sulfonamides is 1. The van der Waals surface area contributed by atoms with Crippen molar-refractivity contribution in [1.82, 2.24) is 4.72 Å². The molecule has 0 aliphatic carbocycles. The molecule has 0 aromatic heterocycles. The molecule has 0 bridgehead atoms. The highest BCUT2D eigenvalue weighted by molar-refractivity contribution is 7.89. The van der Waals surface area contributed by atoms with Crippen LogP contribution in [0.25, 0.3) is 0 Å². The van der Waals surface area contributed by atoms with Gasteiger partial charge in [-0.3, -0.25) is 4.79 Å². The van der Waals surface area contributed by atoms with Crippen LogP contribution in [0.5, 0.6) is 0 Å². The minimum Gasteiger partial charge on any atom is -0.449 e. The van der Waals surface area contributed by atoms with Crippen molar-refractivity contribution in [3.05, 3.63) is 60.2 Å². The minimum absolute atomic E-state index is 0.0377. The Morgan fingerprint density at radius 1 is 1.04 bits per heavy atom. The van der Waals surface area contributed by atoms with Crippen LogP contribution in [-0.2, 0) is 19.6 Å². The average molecular weight is 362 g/mol. The number of carbonyl (C=O) groups excluding carboxylic acids is 2. The summed E-state index contributed by atoms with van der Waals surface area (Å²) in [6, 6.07) is 14.1. The van der Waals surface area contributed by atoms with E-state index in [0.717, 1.165) is 0 Å². The van der Waals surface area contributed by atoms with Gasteiger partial charge in [0.15, 0.2) is 6.10 Å². The monoisotopic (exact) mass is 362 g/mol. The van der Waals surface area contributed by atoms with Gasteiger partial charge in [0.1, 0.15) is 0 Å². The summed E-state index contributed by atoms with van der Waals surface area (Å²) in [6.45, 7) is 1.43. The molecule has 0 aliphatic heterocycles. The SMILES string of the molecule is CNS(=O)(=O)c1cccc(C(=O)O[C@H](C)C(=O)Nc2ccccc2)c1. The van der Waals surface area contributed by atoms with Gasteiger partial charge in [-0.15, -0.1) is 0 Å². The Balaban J connectivity index is 2.06. The van der Waals surface area contributed by atoms with Gasteiger partial charge in [0.2, 0.25) is 10.0 Å². The average Bonchev–Trinajstić information content (AvgIpc) is 2.62. The predicted molar refractivity (Wildman–Crippen MR) is 92.6 cm³/mol. The molecule has 0 spiro atoms. The second-order valence-corrected chi connectivity index (χ2v) is 7.02. The number of para-hydroxylation sites is 1. The summed E-state index contributed by atoms with van der Waals surface area (Å²) in [5.74, 6) is -1.28. The molecule has 2 aromatic rings. The molecular weight excluding hydrogens is 344 g/mol. The van der Waals surface area contributed by atoms with Crippen LogP contribution in [0.2, 0.25) is 0 Å². The molecule has 0 fully saturated rings. The first kappa shape index (κ1) is 18.6. The summed E-state index contributed by atoms with van der Waals surface area (Å²) in [5.41, 5.74) is 0.619. The van der Waals surface area contributed by atoms with Gasteiger partial charge in [0, 0.05) is 5.69 Å². The molecule has 2 rings (SSSR count). The van der Waals surface area contributed by atoms with Crippen molar-refractivity contribution >= 4 is 27.6 Å². The normalized spacial score (nSPS) is 12.2. The quantitative estimate of drug-likeness (QED) is 0.763. The molecule has 2 N–H and O–H groups in total. The van der Waals surface area contributed by atoms with Crippen molar-refractivity contribution in [2.24, 2.45) is 0 Å². The van der Waals surface area contributed by atoms with Crippen molar-refractivity contribution in [3.8, 4) is 0 Å². The van der Waals surface area contributed by atoms with Crippen molar-refractivity contribution in [2.45, 2.75) is 17.9 Å². The maximum atomic E-state index is 12.2. The lowest BCUT2D eigenvalue weighted by Gasteiger charge is -2.14. The molecule has 7 nitrogen and oxygen atoms in total. The molecule has 1 amide bonds. The van der Waals surface area contributed by atoms with E-state index in [1.807, 2.05) is 6.07 Å². The number of ether oxygens (including phenoxy) is 1. The molecule has 25 heavy (non-hydrogen) atoms. The summed E-state index contributed by atoms with van der Waals surface area (Å²) >= 11 is 0. The maximum absolute atomic E-state index is 12.2. The number of rotatable bonds is 6. The molecule has 0 aliphatic rings. The molecule has 132 valence electrons. The Labute approximate surface area is 146 Å². The zero-order valence-corrected chi connectivity index (χ0v) is 14.5. The predicted octanol–water partition coefficient (Wildman–Crippen LogP) is 1.78. The number of anilines is 1. The molecular formula is C17H18N2O5S. The molecule has 1 atom stereocenters. The minimum atomic E-state index is -3.68. The van der Waals surface area contributed by atoms with Gasteiger partial charge in [-0.25, -0.2) is 17.9 Å². The van der Waals surface area contributed by atoms with Gasteiger partial charge < -0.3 is 10.1 Å². The summed E-state index contributed by atoms with van der Waals surface area (Å²) in [7, 11) is -2.40.